The third kappa shape index (κ3) is 28.5. The van der Waals surface area contributed by atoms with Crippen molar-refractivity contribution >= 4 is 29.8 Å². The molecule has 0 aliphatic heterocycles. The van der Waals surface area contributed by atoms with E-state index in [-0.39, 0.29) is 37.5 Å². The van der Waals surface area contributed by atoms with Gasteiger partial charge >= 0.3 is 18.0 Å². The van der Waals surface area contributed by atoms with Gasteiger partial charge in [-0.3, -0.25) is 19.2 Å². The number of nitrogens with two attached hydrogens (primary N) is 2. The van der Waals surface area contributed by atoms with Gasteiger partial charge in [0.25, 0.3) is 0 Å². The lowest BCUT2D eigenvalue weighted by Crippen LogP contribution is -2.34. The Kier molecular flexibility index (Phi) is 27.0. The van der Waals surface area contributed by atoms with Gasteiger partial charge in [-0.25, -0.2) is 4.79 Å². The molecule has 0 saturated carbocycles. The minimum absolute atomic E-state index is 0.137. The first kappa shape index (κ1) is 45.9. The molecule has 0 aromatic heterocycles. The van der Waals surface area contributed by atoms with Gasteiger partial charge < -0.3 is 56.0 Å². The van der Waals surface area contributed by atoms with Crippen LogP contribution < -0.4 is 27.4 Å². The van der Waals surface area contributed by atoms with Crippen LogP contribution >= 0.6 is 0 Å². The van der Waals surface area contributed by atoms with E-state index < -0.39 is 35.7 Å². The monoisotopic (exact) mass is 704 g/mol. The first-order valence-corrected chi connectivity index (χ1v) is 17.3. The summed E-state index contributed by atoms with van der Waals surface area (Å²) in [4.78, 5) is 60.8. The van der Waals surface area contributed by atoms with Crippen LogP contribution in [0.4, 0.5) is 4.79 Å². The smallest absolute Gasteiger partial charge is 0.407 e. The minimum atomic E-state index is -0.797. The predicted molar refractivity (Wildman–Crippen MR) is 184 cm³/mol. The summed E-state index contributed by atoms with van der Waals surface area (Å²) in [5, 5.41) is 8.39. The molecule has 0 unspecified atom stereocenters. The summed E-state index contributed by atoms with van der Waals surface area (Å²) < 4.78 is 25.6. The number of unbranched alkanes of at least 4 members (excludes halogenated alkanes) is 4. The Labute approximate surface area is 292 Å². The fourth-order valence-electron chi connectivity index (χ4n) is 4.41. The molecule has 0 rings (SSSR count). The Morgan fingerprint density at radius 3 is 1.53 bits per heavy atom. The second-order valence-corrected chi connectivity index (χ2v) is 12.7. The molecule has 2 atom stereocenters. The molecule has 286 valence electrons. The molecule has 16 heteroatoms. The van der Waals surface area contributed by atoms with Gasteiger partial charge in [-0.2, -0.15) is 0 Å². The second kappa shape index (κ2) is 28.8. The first-order valence-electron chi connectivity index (χ1n) is 17.3. The molecule has 7 N–H and O–H groups in total. The summed E-state index contributed by atoms with van der Waals surface area (Å²) in [6.45, 7) is 11.2. The highest BCUT2D eigenvalue weighted by Gasteiger charge is 2.17. The molecule has 0 fully saturated rings. The number of hydrogen-bond donors (Lipinski definition) is 5. The molecule has 0 bridgehead atoms. The highest BCUT2D eigenvalue weighted by atomic mass is 16.6. The van der Waals surface area contributed by atoms with Crippen molar-refractivity contribution in [2.45, 2.75) is 103 Å². The third-order valence-corrected chi connectivity index (χ3v) is 7.16. The van der Waals surface area contributed by atoms with Crippen LogP contribution in [-0.2, 0) is 42.9 Å². The maximum atomic E-state index is 12.0. The molecular formula is C33H64N6O10. The predicted octanol–water partition coefficient (Wildman–Crippen LogP) is 0.980. The largest absolute Gasteiger partial charge is 0.468 e. The molecule has 3 amide bonds. The van der Waals surface area contributed by atoms with E-state index in [4.69, 9.17) is 25.7 Å². The molecule has 0 heterocycles. The van der Waals surface area contributed by atoms with Crippen LogP contribution in [0.2, 0.25) is 0 Å². The number of carbonyl (C=O) groups excluding carboxylic acids is 5. The number of amides is 3. The molecule has 0 aromatic carbocycles. The number of hydrogen-bond acceptors (Lipinski definition) is 13. The van der Waals surface area contributed by atoms with Gasteiger partial charge in [0.2, 0.25) is 11.8 Å². The van der Waals surface area contributed by atoms with Gasteiger partial charge in [-0.1, -0.05) is 12.8 Å². The molecule has 0 radical (unpaired) electrons. The number of alkyl carbamates (subject to hydrolysis) is 1. The summed E-state index contributed by atoms with van der Waals surface area (Å²) in [5.74, 6) is -1.32. The lowest BCUT2D eigenvalue weighted by molar-refractivity contribution is -0.143. The molecule has 16 nitrogen and oxygen atoms in total. The summed E-state index contributed by atoms with van der Waals surface area (Å²) in [6, 6.07) is -1.59. The third-order valence-electron chi connectivity index (χ3n) is 7.16. The molecule has 0 aromatic rings. The van der Waals surface area contributed by atoms with Gasteiger partial charge in [0, 0.05) is 39.0 Å². The highest BCUT2D eigenvalue weighted by Crippen LogP contribution is 2.06. The minimum Gasteiger partial charge on any atom is -0.468 e. The Hall–Kier alpha value is -3.05. The van der Waals surface area contributed by atoms with Crippen LogP contribution in [-0.4, -0.2) is 132 Å². The van der Waals surface area contributed by atoms with Crippen LogP contribution in [0.15, 0.2) is 0 Å². The second-order valence-electron chi connectivity index (χ2n) is 12.7. The van der Waals surface area contributed by atoms with Crippen LogP contribution in [0.3, 0.4) is 0 Å². The van der Waals surface area contributed by atoms with E-state index in [9.17, 15) is 24.0 Å². The maximum absolute atomic E-state index is 12.0. The van der Waals surface area contributed by atoms with E-state index in [0.29, 0.717) is 46.1 Å². The number of nitrogens with zero attached hydrogens (tertiary/aromatic N) is 1. The first-order chi connectivity index (χ1) is 23.3. The van der Waals surface area contributed by atoms with Crippen molar-refractivity contribution in [1.82, 2.24) is 20.9 Å². The number of nitrogens with one attached hydrogen (secondary N) is 3. The Morgan fingerprint density at radius 2 is 1.08 bits per heavy atom. The summed E-state index contributed by atoms with van der Waals surface area (Å²) in [6.07, 6.45) is 5.82. The summed E-state index contributed by atoms with van der Waals surface area (Å²) >= 11 is 0. The topological polar surface area (TPSA) is 223 Å². The number of carbonyl (C=O) groups is 5. The zero-order valence-electron chi connectivity index (χ0n) is 30.5. The van der Waals surface area contributed by atoms with Crippen molar-refractivity contribution in [2.24, 2.45) is 11.5 Å². The Balaban J connectivity index is 4.34. The molecule has 0 aliphatic carbocycles. The van der Waals surface area contributed by atoms with E-state index in [2.05, 4.69) is 30.3 Å². The zero-order chi connectivity index (χ0) is 36.9. The zero-order valence-corrected chi connectivity index (χ0v) is 30.5. The Bertz CT molecular complexity index is 884. The number of ether oxygens (including phenoxy) is 5. The van der Waals surface area contributed by atoms with Crippen molar-refractivity contribution in [2.75, 3.05) is 79.9 Å². The lowest BCUT2D eigenvalue weighted by Gasteiger charge is -2.22. The number of rotatable bonds is 29. The fraction of sp³-hybridized carbons (Fsp3) is 0.848. The SMILES string of the molecule is COC(=O)[C@@H](N)CCC(=O)NCCCCCN(CCCCCNC(=O)CC[C@H](N)C(=O)OC)CCOCCOCCNC(=O)OC(C)(C)C. The fourth-order valence-corrected chi connectivity index (χ4v) is 4.41. The molecular weight excluding hydrogens is 640 g/mol. The average Bonchev–Trinajstić information content (AvgIpc) is 3.06. The summed E-state index contributed by atoms with van der Waals surface area (Å²) in [7, 11) is 2.53. The van der Waals surface area contributed by atoms with Crippen molar-refractivity contribution in [3.05, 3.63) is 0 Å². The number of esters is 2. The maximum Gasteiger partial charge on any atom is 0.407 e. The van der Waals surface area contributed by atoms with Gasteiger partial charge in [0.15, 0.2) is 0 Å². The molecule has 0 saturated heterocycles. The molecule has 0 spiro atoms. The average molecular weight is 705 g/mol. The van der Waals surface area contributed by atoms with Crippen molar-refractivity contribution in [3.63, 3.8) is 0 Å². The normalized spacial score (nSPS) is 12.6. The highest BCUT2D eigenvalue weighted by molar-refractivity contribution is 5.79. The van der Waals surface area contributed by atoms with E-state index >= 15 is 0 Å². The van der Waals surface area contributed by atoms with Crippen molar-refractivity contribution in [1.29, 1.82) is 0 Å². The van der Waals surface area contributed by atoms with E-state index in [1.54, 1.807) is 20.8 Å². The quantitative estimate of drug-likeness (QED) is 0.0417. The van der Waals surface area contributed by atoms with Crippen LogP contribution in [0.1, 0.15) is 85.0 Å². The molecule has 49 heavy (non-hydrogen) atoms. The number of methoxy groups -OCH3 is 2. The van der Waals surface area contributed by atoms with Gasteiger partial charge in [0.05, 0.1) is 40.6 Å². The van der Waals surface area contributed by atoms with E-state index in [1.807, 2.05) is 0 Å². The van der Waals surface area contributed by atoms with Gasteiger partial charge in [-0.05, 0) is 72.4 Å². The summed E-state index contributed by atoms with van der Waals surface area (Å²) in [5.41, 5.74) is 10.8. The lowest BCUT2D eigenvalue weighted by atomic mass is 10.1. The Morgan fingerprint density at radius 1 is 0.612 bits per heavy atom. The standard InChI is InChI=1S/C33H64N6O10/c1-33(2,3)49-32(44)38-18-22-47-24-25-48-23-21-39(19-10-6-8-16-36-28(40)14-12-26(34)30(42)45-4)20-11-7-9-17-37-29(41)15-13-27(35)31(43)46-5/h26-27H,6-25,34-35H2,1-5H3,(H,36,40)(H,37,41)(H,38,44)/t26-,27-/m0/s1. The van der Waals surface area contributed by atoms with Crippen molar-refractivity contribution in [3.8, 4) is 0 Å². The van der Waals surface area contributed by atoms with E-state index in [1.165, 1.54) is 14.2 Å². The van der Waals surface area contributed by atoms with E-state index in [0.717, 1.165) is 58.2 Å². The van der Waals surface area contributed by atoms with Gasteiger partial charge in [-0.15, -0.1) is 0 Å². The van der Waals surface area contributed by atoms with Gasteiger partial charge in [0.1, 0.15) is 17.7 Å². The van der Waals surface area contributed by atoms with Crippen LogP contribution in [0, 0.1) is 0 Å². The van der Waals surface area contributed by atoms with Crippen LogP contribution in [0.25, 0.3) is 0 Å². The van der Waals surface area contributed by atoms with Crippen LogP contribution in [0.5, 0.6) is 0 Å². The van der Waals surface area contributed by atoms with Crippen molar-refractivity contribution < 1.29 is 47.7 Å². The molecule has 0 aliphatic rings.